The third kappa shape index (κ3) is 2.28. The van der Waals surface area contributed by atoms with E-state index in [9.17, 15) is 0 Å². The molecule has 0 aliphatic carbocycles. The summed E-state index contributed by atoms with van der Waals surface area (Å²) in [6.07, 6.45) is 2.57. The maximum atomic E-state index is 5.29. The molecule has 0 radical (unpaired) electrons. The molecular formula is C12H14O4. The van der Waals surface area contributed by atoms with Crippen molar-refractivity contribution >= 4 is 0 Å². The van der Waals surface area contributed by atoms with Crippen LogP contribution in [0.2, 0.25) is 0 Å². The maximum absolute atomic E-state index is 5.29. The first kappa shape index (κ1) is 10.8. The van der Waals surface area contributed by atoms with Crippen molar-refractivity contribution in [2.45, 2.75) is 6.42 Å². The molecule has 16 heavy (non-hydrogen) atoms. The monoisotopic (exact) mass is 222 g/mol. The second-order valence-electron chi connectivity index (χ2n) is 3.39. The van der Waals surface area contributed by atoms with Crippen LogP contribution in [0.5, 0.6) is 11.5 Å². The Morgan fingerprint density at radius 3 is 2.75 bits per heavy atom. The van der Waals surface area contributed by atoms with Crippen LogP contribution in [0, 0.1) is 0 Å². The lowest BCUT2D eigenvalue weighted by Crippen LogP contribution is -1.96. The summed E-state index contributed by atoms with van der Waals surface area (Å²) in [6.45, 7) is 0.508. The highest BCUT2D eigenvalue weighted by Crippen LogP contribution is 2.27. The van der Waals surface area contributed by atoms with Crippen LogP contribution in [0.4, 0.5) is 0 Å². The lowest BCUT2D eigenvalue weighted by atomic mass is 10.1. The smallest absolute Gasteiger partial charge is 0.145 e. The van der Waals surface area contributed by atoms with Gasteiger partial charge in [0.1, 0.15) is 23.9 Å². The average molecular weight is 222 g/mol. The molecule has 4 nitrogen and oxygen atoms in total. The number of methoxy groups -OCH3 is 2. The van der Waals surface area contributed by atoms with E-state index < -0.39 is 0 Å². The molecule has 1 aliphatic rings. The van der Waals surface area contributed by atoms with Crippen molar-refractivity contribution < 1.29 is 19.2 Å². The van der Waals surface area contributed by atoms with Crippen molar-refractivity contribution in [1.82, 2.24) is 0 Å². The number of hydrogen-bond acceptors (Lipinski definition) is 4. The van der Waals surface area contributed by atoms with Crippen molar-refractivity contribution in [2.75, 3.05) is 20.8 Å². The molecule has 1 heterocycles. The summed E-state index contributed by atoms with van der Waals surface area (Å²) < 4.78 is 10.4. The van der Waals surface area contributed by atoms with E-state index in [0.717, 1.165) is 22.8 Å². The molecule has 0 fully saturated rings. The van der Waals surface area contributed by atoms with Crippen LogP contribution in [0.15, 0.2) is 30.0 Å². The van der Waals surface area contributed by atoms with Gasteiger partial charge in [-0.15, -0.1) is 0 Å². The van der Waals surface area contributed by atoms with E-state index in [1.807, 2.05) is 24.3 Å². The summed E-state index contributed by atoms with van der Waals surface area (Å²) >= 11 is 0. The van der Waals surface area contributed by atoms with Gasteiger partial charge in [0.05, 0.1) is 14.2 Å². The molecule has 1 aromatic rings. The van der Waals surface area contributed by atoms with Crippen molar-refractivity contribution in [3.05, 3.63) is 35.6 Å². The molecule has 0 amide bonds. The highest BCUT2D eigenvalue weighted by atomic mass is 17.2. The zero-order chi connectivity index (χ0) is 11.4. The highest BCUT2D eigenvalue weighted by molar-refractivity contribution is 5.42. The SMILES string of the molecule is COc1ccc(CC2=CCOO2)c(OC)c1. The minimum atomic E-state index is 0.508. The van der Waals surface area contributed by atoms with Gasteiger partial charge >= 0.3 is 0 Å². The molecule has 86 valence electrons. The Labute approximate surface area is 94.3 Å². The van der Waals surface area contributed by atoms with E-state index in [-0.39, 0.29) is 0 Å². The third-order valence-electron chi connectivity index (χ3n) is 2.40. The topological polar surface area (TPSA) is 36.9 Å². The Morgan fingerprint density at radius 2 is 2.12 bits per heavy atom. The van der Waals surface area contributed by atoms with Gasteiger partial charge in [-0.3, -0.25) is 0 Å². The van der Waals surface area contributed by atoms with Crippen molar-refractivity contribution in [3.8, 4) is 11.5 Å². The molecule has 0 N–H and O–H groups in total. The molecule has 0 atom stereocenters. The Kier molecular flexibility index (Phi) is 3.31. The minimum Gasteiger partial charge on any atom is -0.497 e. The minimum absolute atomic E-state index is 0.508. The van der Waals surface area contributed by atoms with E-state index >= 15 is 0 Å². The van der Waals surface area contributed by atoms with Gasteiger partial charge in [-0.25, -0.2) is 0 Å². The summed E-state index contributed by atoms with van der Waals surface area (Å²) in [7, 11) is 3.27. The van der Waals surface area contributed by atoms with Crippen LogP contribution in [0.3, 0.4) is 0 Å². The van der Waals surface area contributed by atoms with Crippen LogP contribution in [-0.4, -0.2) is 20.8 Å². The predicted octanol–water partition coefficient (Wildman–Crippen LogP) is 2.09. The van der Waals surface area contributed by atoms with Gasteiger partial charge in [0.2, 0.25) is 0 Å². The summed E-state index contributed by atoms with van der Waals surface area (Å²) in [5.41, 5.74) is 1.04. The van der Waals surface area contributed by atoms with Gasteiger partial charge in [-0.1, -0.05) is 6.07 Å². The lowest BCUT2D eigenvalue weighted by Gasteiger charge is -2.10. The molecular weight excluding hydrogens is 208 g/mol. The van der Waals surface area contributed by atoms with Crippen LogP contribution in [0.25, 0.3) is 0 Å². The fourth-order valence-electron chi connectivity index (χ4n) is 1.56. The fraction of sp³-hybridized carbons (Fsp3) is 0.333. The Bertz CT molecular complexity index is 398. The number of hydrogen-bond donors (Lipinski definition) is 0. The Morgan fingerprint density at radius 1 is 1.25 bits per heavy atom. The van der Waals surface area contributed by atoms with Crippen molar-refractivity contribution in [2.24, 2.45) is 0 Å². The van der Waals surface area contributed by atoms with E-state index in [1.165, 1.54) is 0 Å². The van der Waals surface area contributed by atoms with Crippen LogP contribution in [-0.2, 0) is 16.2 Å². The molecule has 0 spiro atoms. The van der Waals surface area contributed by atoms with Gasteiger partial charge in [0, 0.05) is 18.1 Å². The number of benzene rings is 1. The van der Waals surface area contributed by atoms with Crippen molar-refractivity contribution in [1.29, 1.82) is 0 Å². The molecule has 1 aliphatic heterocycles. The van der Waals surface area contributed by atoms with E-state index in [0.29, 0.717) is 13.0 Å². The molecule has 0 unspecified atom stereocenters. The first-order chi connectivity index (χ1) is 7.83. The first-order valence-corrected chi connectivity index (χ1v) is 5.03. The summed E-state index contributed by atoms with van der Waals surface area (Å²) in [5.74, 6) is 2.37. The Balaban J connectivity index is 2.19. The van der Waals surface area contributed by atoms with Crippen molar-refractivity contribution in [3.63, 3.8) is 0 Å². The quantitative estimate of drug-likeness (QED) is 0.731. The summed E-state index contributed by atoms with van der Waals surface area (Å²) in [6, 6.07) is 5.71. The van der Waals surface area contributed by atoms with Crippen LogP contribution < -0.4 is 9.47 Å². The summed E-state index contributed by atoms with van der Waals surface area (Å²) in [5, 5.41) is 0. The molecule has 0 bridgehead atoms. The van der Waals surface area contributed by atoms with E-state index in [1.54, 1.807) is 14.2 Å². The molecule has 4 heteroatoms. The van der Waals surface area contributed by atoms with Gasteiger partial charge in [0.25, 0.3) is 0 Å². The zero-order valence-electron chi connectivity index (χ0n) is 9.36. The van der Waals surface area contributed by atoms with Crippen LogP contribution in [0.1, 0.15) is 5.56 Å². The standard InChI is InChI=1S/C12H14O4/c1-13-10-4-3-9(12(8-10)14-2)7-11-5-6-15-16-11/h3-5,8H,6-7H2,1-2H3. The average Bonchev–Trinajstić information content (AvgIpc) is 2.82. The Hall–Kier alpha value is -1.68. The molecule has 0 saturated carbocycles. The second kappa shape index (κ2) is 4.90. The van der Waals surface area contributed by atoms with E-state index in [4.69, 9.17) is 19.2 Å². The van der Waals surface area contributed by atoms with Gasteiger partial charge < -0.3 is 14.4 Å². The highest BCUT2D eigenvalue weighted by Gasteiger charge is 2.12. The van der Waals surface area contributed by atoms with Gasteiger partial charge in [0.15, 0.2) is 0 Å². The summed E-state index contributed by atoms with van der Waals surface area (Å²) in [4.78, 5) is 9.78. The largest absolute Gasteiger partial charge is 0.497 e. The van der Waals surface area contributed by atoms with Crippen LogP contribution >= 0.6 is 0 Å². The lowest BCUT2D eigenvalue weighted by molar-refractivity contribution is -0.234. The zero-order valence-corrected chi connectivity index (χ0v) is 9.36. The number of rotatable bonds is 4. The molecule has 2 rings (SSSR count). The third-order valence-corrected chi connectivity index (χ3v) is 2.40. The predicted molar refractivity (Wildman–Crippen MR) is 58.4 cm³/mol. The van der Waals surface area contributed by atoms with E-state index in [2.05, 4.69) is 0 Å². The normalized spacial score (nSPS) is 14.2. The number of ether oxygens (including phenoxy) is 2. The molecule has 0 aromatic heterocycles. The molecule has 0 saturated heterocycles. The van der Waals surface area contributed by atoms with Gasteiger partial charge in [-0.2, -0.15) is 4.89 Å². The van der Waals surface area contributed by atoms with Gasteiger partial charge in [-0.05, 0) is 12.1 Å². The fourth-order valence-corrected chi connectivity index (χ4v) is 1.56. The second-order valence-corrected chi connectivity index (χ2v) is 3.39. The first-order valence-electron chi connectivity index (χ1n) is 5.03. The number of allylic oxidation sites excluding steroid dienone is 1. The maximum Gasteiger partial charge on any atom is 0.145 e. The molecule has 1 aromatic carbocycles.